The number of hydrogen-bond acceptors (Lipinski definition) is 5. The van der Waals surface area contributed by atoms with Crippen molar-refractivity contribution in [2.24, 2.45) is 0 Å². The summed E-state index contributed by atoms with van der Waals surface area (Å²) in [5, 5.41) is 9.66. The highest BCUT2D eigenvalue weighted by Crippen LogP contribution is 2.37. The summed E-state index contributed by atoms with van der Waals surface area (Å²) >= 11 is -0.215. The van der Waals surface area contributed by atoms with Crippen LogP contribution in [-0.4, -0.2) is 11.5 Å². The van der Waals surface area contributed by atoms with Gasteiger partial charge in [0.1, 0.15) is 17.6 Å². The van der Waals surface area contributed by atoms with Gasteiger partial charge in [0.2, 0.25) is 6.10 Å². The summed E-state index contributed by atoms with van der Waals surface area (Å²) in [7, 11) is 0. The number of benzene rings is 3. The predicted molar refractivity (Wildman–Crippen MR) is 123 cm³/mol. The molecule has 34 heavy (non-hydrogen) atoms. The second-order valence-corrected chi connectivity index (χ2v) is 8.53. The highest BCUT2D eigenvalue weighted by atomic mass is 32.2. The van der Waals surface area contributed by atoms with Gasteiger partial charge in [-0.15, -0.1) is 0 Å². The summed E-state index contributed by atoms with van der Waals surface area (Å²) in [6.45, 7) is 1.89. The Kier molecular flexibility index (Phi) is 8.61. The molecule has 4 nitrogen and oxygen atoms in total. The van der Waals surface area contributed by atoms with Crippen molar-refractivity contribution in [2.45, 2.75) is 42.2 Å². The average Bonchev–Trinajstić information content (AvgIpc) is 2.81. The molecule has 0 aliphatic rings. The van der Waals surface area contributed by atoms with E-state index in [9.17, 15) is 23.2 Å². The van der Waals surface area contributed by atoms with Crippen molar-refractivity contribution < 1.29 is 27.4 Å². The Balaban J connectivity index is 1.74. The first-order valence-electron chi connectivity index (χ1n) is 10.6. The van der Waals surface area contributed by atoms with Crippen LogP contribution in [0.5, 0.6) is 11.5 Å². The van der Waals surface area contributed by atoms with Gasteiger partial charge in [-0.25, -0.2) is 0 Å². The molecule has 0 aromatic heterocycles. The Hall–Kier alpha value is -3.44. The van der Waals surface area contributed by atoms with Crippen LogP contribution >= 0.6 is 11.8 Å². The average molecular weight is 486 g/mol. The highest BCUT2D eigenvalue weighted by Gasteiger charge is 2.30. The van der Waals surface area contributed by atoms with Crippen LogP contribution in [0.2, 0.25) is 0 Å². The van der Waals surface area contributed by atoms with E-state index in [-0.39, 0.29) is 16.7 Å². The van der Waals surface area contributed by atoms with E-state index in [0.29, 0.717) is 35.5 Å². The van der Waals surface area contributed by atoms with Gasteiger partial charge in [0.25, 0.3) is 0 Å². The molecule has 0 spiro atoms. The van der Waals surface area contributed by atoms with Gasteiger partial charge in [-0.1, -0.05) is 55.8 Å². The maximum atomic E-state index is 13.0. The predicted octanol–water partition coefficient (Wildman–Crippen LogP) is 7.78. The normalized spacial score (nSPS) is 12.9. The first-order valence-corrected chi connectivity index (χ1v) is 11.4. The number of thioether (sulfide) groups is 1. The molecular formula is C26H22F3NO3S. The fraction of sp³-hybridized carbons (Fsp3) is 0.231. The number of ether oxygens (including phenoxy) is 2. The van der Waals surface area contributed by atoms with Gasteiger partial charge in [0, 0.05) is 10.5 Å². The quantitative estimate of drug-likeness (QED) is 0.229. The molecule has 0 aliphatic carbocycles. The standard InChI is InChI=1S/C26H22F3NO3S/c1-2-7-23(18-12-14-22(15-13-18)34-26(27,28)29)25(31)33-24(17-30)19-8-6-11-21(16-19)32-20-9-4-3-5-10-20/h3-6,8-16,23-24H,2,7H2,1H3. The van der Waals surface area contributed by atoms with Crippen LogP contribution in [0.1, 0.15) is 42.9 Å². The number of halogens is 3. The topological polar surface area (TPSA) is 59.3 Å². The zero-order chi connectivity index (χ0) is 24.6. The number of carbonyl (C=O) groups excluding carboxylic acids is 1. The molecule has 3 rings (SSSR count). The molecular weight excluding hydrogens is 463 g/mol. The van der Waals surface area contributed by atoms with Crippen LogP contribution in [0.25, 0.3) is 0 Å². The van der Waals surface area contributed by atoms with Gasteiger partial charge in [-0.05, 0) is 60.1 Å². The maximum absolute atomic E-state index is 13.0. The van der Waals surface area contributed by atoms with Crippen molar-refractivity contribution in [1.29, 1.82) is 5.26 Å². The summed E-state index contributed by atoms with van der Waals surface area (Å²) in [6, 6.07) is 23.5. The number of alkyl halides is 3. The molecule has 0 amide bonds. The van der Waals surface area contributed by atoms with Crippen LogP contribution in [-0.2, 0) is 9.53 Å². The summed E-state index contributed by atoms with van der Waals surface area (Å²) in [4.78, 5) is 13.0. The first-order chi connectivity index (χ1) is 16.3. The fourth-order valence-electron chi connectivity index (χ4n) is 3.34. The maximum Gasteiger partial charge on any atom is 0.446 e. The van der Waals surface area contributed by atoms with Crippen LogP contribution in [0.15, 0.2) is 83.8 Å². The second-order valence-electron chi connectivity index (χ2n) is 7.39. The summed E-state index contributed by atoms with van der Waals surface area (Å²) in [5.74, 6) is -0.198. The van der Waals surface area contributed by atoms with Gasteiger partial charge in [0.05, 0.1) is 5.92 Å². The minimum Gasteiger partial charge on any atom is -0.457 e. The molecule has 0 aliphatic heterocycles. The van der Waals surface area contributed by atoms with E-state index in [0.717, 1.165) is 0 Å². The van der Waals surface area contributed by atoms with Gasteiger partial charge in [0.15, 0.2) is 0 Å². The lowest BCUT2D eigenvalue weighted by molar-refractivity contribution is -0.149. The van der Waals surface area contributed by atoms with E-state index in [2.05, 4.69) is 0 Å². The molecule has 2 atom stereocenters. The van der Waals surface area contributed by atoms with Gasteiger partial charge in [-0.3, -0.25) is 4.79 Å². The minimum atomic E-state index is -4.39. The second kappa shape index (κ2) is 11.6. The molecule has 0 radical (unpaired) electrons. The van der Waals surface area contributed by atoms with E-state index < -0.39 is 23.5 Å². The van der Waals surface area contributed by atoms with Crippen molar-refractivity contribution in [1.82, 2.24) is 0 Å². The zero-order valence-corrected chi connectivity index (χ0v) is 19.1. The molecule has 0 fully saturated rings. The van der Waals surface area contributed by atoms with Crippen molar-refractivity contribution in [3.05, 3.63) is 90.0 Å². The lowest BCUT2D eigenvalue weighted by atomic mass is 9.94. The van der Waals surface area contributed by atoms with Crippen LogP contribution in [0.4, 0.5) is 13.2 Å². The summed E-state index contributed by atoms with van der Waals surface area (Å²) < 4.78 is 49.1. The Bertz CT molecular complexity index is 1130. The van der Waals surface area contributed by atoms with Crippen molar-refractivity contribution in [2.75, 3.05) is 0 Å². The van der Waals surface area contributed by atoms with Crippen LogP contribution in [0, 0.1) is 11.3 Å². The van der Waals surface area contributed by atoms with Crippen molar-refractivity contribution in [3.63, 3.8) is 0 Å². The Morgan fingerprint density at radius 3 is 2.26 bits per heavy atom. The molecule has 0 N–H and O–H groups in total. The molecule has 0 saturated carbocycles. The Morgan fingerprint density at radius 1 is 0.971 bits per heavy atom. The lowest BCUT2D eigenvalue weighted by Gasteiger charge is -2.19. The third kappa shape index (κ3) is 7.29. The van der Waals surface area contributed by atoms with Crippen molar-refractivity contribution in [3.8, 4) is 17.6 Å². The SMILES string of the molecule is CCCC(C(=O)OC(C#N)c1cccc(Oc2ccccc2)c1)c1ccc(SC(F)(F)F)cc1. The molecule has 176 valence electrons. The molecule has 0 bridgehead atoms. The monoisotopic (exact) mass is 485 g/mol. The largest absolute Gasteiger partial charge is 0.457 e. The van der Waals surface area contributed by atoms with Gasteiger partial charge >= 0.3 is 11.5 Å². The number of nitriles is 1. The molecule has 2 unspecified atom stereocenters. The molecule has 0 saturated heterocycles. The highest BCUT2D eigenvalue weighted by molar-refractivity contribution is 8.00. The zero-order valence-electron chi connectivity index (χ0n) is 18.3. The van der Waals surface area contributed by atoms with E-state index in [1.807, 2.05) is 31.2 Å². The number of nitrogens with zero attached hydrogens (tertiary/aromatic N) is 1. The fourth-order valence-corrected chi connectivity index (χ4v) is 3.88. The summed E-state index contributed by atoms with van der Waals surface area (Å²) in [5.41, 5.74) is -3.39. The molecule has 3 aromatic rings. The lowest BCUT2D eigenvalue weighted by Crippen LogP contribution is -2.18. The molecule has 8 heteroatoms. The van der Waals surface area contributed by atoms with Crippen LogP contribution in [0.3, 0.4) is 0 Å². The number of para-hydroxylation sites is 1. The molecule has 0 heterocycles. The number of carbonyl (C=O) groups is 1. The molecule has 3 aromatic carbocycles. The van der Waals surface area contributed by atoms with Crippen LogP contribution < -0.4 is 4.74 Å². The third-order valence-electron chi connectivity index (χ3n) is 4.87. The number of hydrogen-bond donors (Lipinski definition) is 0. The smallest absolute Gasteiger partial charge is 0.446 e. The minimum absolute atomic E-state index is 0.0324. The van der Waals surface area contributed by atoms with Crippen molar-refractivity contribution >= 4 is 17.7 Å². The van der Waals surface area contributed by atoms with Gasteiger partial charge in [-0.2, -0.15) is 18.4 Å². The van der Waals surface area contributed by atoms with E-state index in [1.165, 1.54) is 24.3 Å². The number of rotatable bonds is 9. The Labute approximate surface area is 200 Å². The van der Waals surface area contributed by atoms with Gasteiger partial charge < -0.3 is 9.47 Å². The van der Waals surface area contributed by atoms with E-state index in [4.69, 9.17) is 9.47 Å². The van der Waals surface area contributed by atoms with E-state index >= 15 is 0 Å². The number of esters is 1. The third-order valence-corrected chi connectivity index (χ3v) is 5.61. The Morgan fingerprint density at radius 2 is 1.65 bits per heavy atom. The van der Waals surface area contributed by atoms with E-state index in [1.54, 1.807) is 36.4 Å². The summed E-state index contributed by atoms with van der Waals surface area (Å²) in [6.07, 6.45) is -0.0812. The first kappa shape index (κ1) is 25.2.